The minimum absolute atomic E-state index is 0.0173. The first kappa shape index (κ1) is 30.6. The SMILES string of the molecule is C=CC(=O)N1C[C@H](C)N(c2nc(=O)n(-c3c(C)ccnc3C(C)C(F)F)c3nc(-c4c(N)cccc4F)c(F)cc23)C[C@H]1C. The van der Waals surface area contributed by atoms with E-state index in [2.05, 4.69) is 21.5 Å². The molecule has 1 aliphatic rings. The van der Waals surface area contributed by atoms with Gasteiger partial charge in [-0.3, -0.25) is 9.78 Å². The Bertz CT molecular complexity index is 1820. The molecule has 9 nitrogen and oxygen atoms in total. The van der Waals surface area contributed by atoms with Gasteiger partial charge in [-0.05, 0) is 56.7 Å². The number of nitrogens with two attached hydrogens (primary N) is 1. The molecule has 0 bridgehead atoms. The highest BCUT2D eigenvalue weighted by Gasteiger charge is 2.34. The molecule has 0 saturated carbocycles. The van der Waals surface area contributed by atoms with E-state index in [1.54, 1.807) is 22.8 Å². The molecule has 1 fully saturated rings. The Morgan fingerprint density at radius 2 is 1.84 bits per heavy atom. The number of anilines is 2. The summed E-state index contributed by atoms with van der Waals surface area (Å²) in [7, 11) is 0. The van der Waals surface area contributed by atoms with Crippen molar-refractivity contribution in [3.63, 3.8) is 0 Å². The molecule has 13 heteroatoms. The van der Waals surface area contributed by atoms with Gasteiger partial charge in [0.15, 0.2) is 11.5 Å². The summed E-state index contributed by atoms with van der Waals surface area (Å²) in [4.78, 5) is 42.8. The maximum atomic E-state index is 15.9. The number of benzene rings is 1. The quantitative estimate of drug-likeness (QED) is 0.186. The standard InChI is InChI=1S/C31H31F4N7O2/c1-6-23(43)40-13-17(4)41(14-16(40)3)29-19-12-21(33)26(24-20(32)8-7-9-22(24)36)38-30(19)42(31(44)39-29)27-15(2)10-11-37-25(27)18(5)28(34)35/h6-12,16-18,28H,1,13-14,36H2,2-5H3/t16-,17+,18?/m1/s1. The van der Waals surface area contributed by atoms with E-state index in [1.807, 2.05) is 13.8 Å². The predicted octanol–water partition coefficient (Wildman–Crippen LogP) is 4.99. The molecule has 4 aromatic rings. The van der Waals surface area contributed by atoms with Gasteiger partial charge >= 0.3 is 5.69 Å². The highest BCUT2D eigenvalue weighted by atomic mass is 19.3. The topological polar surface area (TPSA) is 110 Å². The number of piperazine rings is 1. The minimum Gasteiger partial charge on any atom is -0.398 e. The minimum atomic E-state index is -2.81. The van der Waals surface area contributed by atoms with Crippen molar-refractivity contribution < 1.29 is 22.4 Å². The van der Waals surface area contributed by atoms with E-state index < -0.39 is 35.4 Å². The zero-order valence-corrected chi connectivity index (χ0v) is 24.6. The number of nitrogen functional groups attached to an aromatic ring is 1. The molecule has 4 heterocycles. The number of alkyl halides is 2. The van der Waals surface area contributed by atoms with Crippen LogP contribution in [-0.2, 0) is 4.79 Å². The normalized spacial score (nSPS) is 17.8. The van der Waals surface area contributed by atoms with Crippen molar-refractivity contribution in [2.24, 2.45) is 0 Å². The van der Waals surface area contributed by atoms with Crippen LogP contribution in [0.15, 0.2) is 54.0 Å². The van der Waals surface area contributed by atoms with E-state index in [1.165, 1.54) is 31.3 Å². The van der Waals surface area contributed by atoms with Crippen molar-refractivity contribution in [2.75, 3.05) is 23.7 Å². The first-order valence-corrected chi connectivity index (χ1v) is 14.0. The second kappa shape index (κ2) is 11.7. The Morgan fingerprint density at radius 3 is 2.50 bits per heavy atom. The largest absolute Gasteiger partial charge is 0.398 e. The lowest BCUT2D eigenvalue weighted by molar-refractivity contribution is -0.128. The number of fused-ring (bicyclic) bond motifs is 1. The third kappa shape index (κ3) is 5.16. The Morgan fingerprint density at radius 1 is 1.11 bits per heavy atom. The van der Waals surface area contributed by atoms with Crippen LogP contribution in [0.2, 0.25) is 0 Å². The molecule has 1 saturated heterocycles. The van der Waals surface area contributed by atoms with Crippen LogP contribution >= 0.6 is 0 Å². The number of pyridine rings is 2. The Balaban J connectivity index is 1.85. The number of nitrogens with zero attached hydrogens (tertiary/aromatic N) is 6. The van der Waals surface area contributed by atoms with E-state index in [0.29, 0.717) is 5.56 Å². The second-order valence-electron chi connectivity index (χ2n) is 11.0. The van der Waals surface area contributed by atoms with Crippen molar-refractivity contribution in [3.8, 4) is 16.9 Å². The molecule has 1 aliphatic heterocycles. The van der Waals surface area contributed by atoms with Crippen LogP contribution in [0.3, 0.4) is 0 Å². The Kier molecular flexibility index (Phi) is 8.15. The average Bonchev–Trinajstić information content (AvgIpc) is 2.97. The second-order valence-corrected chi connectivity index (χ2v) is 11.0. The monoisotopic (exact) mass is 609 g/mol. The van der Waals surface area contributed by atoms with E-state index in [9.17, 15) is 18.4 Å². The Labute approximate surface area is 250 Å². The molecule has 0 spiro atoms. The third-order valence-corrected chi connectivity index (χ3v) is 7.99. The number of hydrogen-bond donors (Lipinski definition) is 1. The van der Waals surface area contributed by atoms with Gasteiger partial charge < -0.3 is 15.5 Å². The molecule has 3 aromatic heterocycles. The summed E-state index contributed by atoms with van der Waals surface area (Å²) in [6.07, 6.45) is -0.237. The molecular weight excluding hydrogens is 578 g/mol. The smallest absolute Gasteiger partial charge is 0.355 e. The fourth-order valence-electron chi connectivity index (χ4n) is 5.65. The number of aromatic nitrogens is 4. The molecule has 0 aliphatic carbocycles. The molecule has 1 amide bonds. The number of carbonyl (C=O) groups excluding carboxylic acids is 1. The maximum absolute atomic E-state index is 15.9. The first-order chi connectivity index (χ1) is 20.8. The van der Waals surface area contributed by atoms with Crippen LogP contribution in [0.4, 0.5) is 29.1 Å². The first-order valence-electron chi connectivity index (χ1n) is 14.0. The summed E-state index contributed by atoms with van der Waals surface area (Å²) in [5.41, 5.74) is 4.46. The van der Waals surface area contributed by atoms with Gasteiger partial charge in [-0.1, -0.05) is 19.6 Å². The van der Waals surface area contributed by atoms with Gasteiger partial charge in [0, 0.05) is 37.1 Å². The fraction of sp³-hybridized carbons (Fsp3) is 0.323. The highest BCUT2D eigenvalue weighted by molar-refractivity contribution is 5.92. The van der Waals surface area contributed by atoms with Gasteiger partial charge in [0.2, 0.25) is 12.3 Å². The van der Waals surface area contributed by atoms with Gasteiger partial charge in [-0.15, -0.1) is 0 Å². The van der Waals surface area contributed by atoms with Crippen molar-refractivity contribution in [1.82, 2.24) is 24.4 Å². The lowest BCUT2D eigenvalue weighted by atomic mass is 10.0. The molecule has 2 N–H and O–H groups in total. The molecule has 1 aromatic carbocycles. The summed E-state index contributed by atoms with van der Waals surface area (Å²) in [6.45, 7) is 10.6. The van der Waals surface area contributed by atoms with Crippen LogP contribution in [0, 0.1) is 18.6 Å². The third-order valence-electron chi connectivity index (χ3n) is 7.99. The summed E-state index contributed by atoms with van der Waals surface area (Å²) in [6, 6.07) is 5.77. The fourth-order valence-corrected chi connectivity index (χ4v) is 5.65. The van der Waals surface area contributed by atoms with Gasteiger partial charge in [0.1, 0.15) is 17.3 Å². The molecular formula is C31H31F4N7O2. The molecule has 3 atom stereocenters. The van der Waals surface area contributed by atoms with E-state index >= 15 is 8.78 Å². The maximum Gasteiger partial charge on any atom is 0.355 e. The number of amides is 1. The molecule has 5 rings (SSSR count). The highest BCUT2D eigenvalue weighted by Crippen LogP contribution is 2.36. The van der Waals surface area contributed by atoms with Crippen LogP contribution in [0.25, 0.3) is 28.0 Å². The number of aryl methyl sites for hydroxylation is 1. The molecule has 230 valence electrons. The zero-order chi connectivity index (χ0) is 32.0. The van der Waals surface area contributed by atoms with Crippen LogP contribution in [0.5, 0.6) is 0 Å². The van der Waals surface area contributed by atoms with Gasteiger partial charge in [0.05, 0.1) is 28.2 Å². The predicted molar refractivity (Wildman–Crippen MR) is 160 cm³/mol. The summed E-state index contributed by atoms with van der Waals surface area (Å²) in [5, 5.41) is 0.0715. The van der Waals surface area contributed by atoms with E-state index in [0.717, 1.165) is 16.7 Å². The summed E-state index contributed by atoms with van der Waals surface area (Å²) >= 11 is 0. The van der Waals surface area contributed by atoms with E-state index in [-0.39, 0.29) is 70.6 Å². The van der Waals surface area contributed by atoms with Crippen molar-refractivity contribution in [1.29, 1.82) is 0 Å². The van der Waals surface area contributed by atoms with Gasteiger partial charge in [0.25, 0.3) is 0 Å². The van der Waals surface area contributed by atoms with Crippen molar-refractivity contribution in [2.45, 2.75) is 52.1 Å². The van der Waals surface area contributed by atoms with Crippen LogP contribution in [0.1, 0.15) is 37.9 Å². The molecule has 44 heavy (non-hydrogen) atoms. The van der Waals surface area contributed by atoms with E-state index in [4.69, 9.17) is 5.73 Å². The van der Waals surface area contributed by atoms with Crippen LogP contribution < -0.4 is 16.3 Å². The number of carbonyl (C=O) groups is 1. The Hall–Kier alpha value is -4.81. The average molecular weight is 610 g/mol. The van der Waals surface area contributed by atoms with Gasteiger partial charge in [-0.25, -0.2) is 31.9 Å². The van der Waals surface area contributed by atoms with Crippen molar-refractivity contribution >= 4 is 28.4 Å². The molecule has 1 unspecified atom stereocenters. The lowest BCUT2D eigenvalue weighted by Crippen LogP contribution is -2.58. The zero-order valence-electron chi connectivity index (χ0n) is 24.6. The number of halogens is 4. The van der Waals surface area contributed by atoms with Gasteiger partial charge in [-0.2, -0.15) is 4.98 Å². The lowest BCUT2D eigenvalue weighted by Gasteiger charge is -2.44. The summed E-state index contributed by atoms with van der Waals surface area (Å²) < 4.78 is 59.9. The van der Waals surface area contributed by atoms with Crippen molar-refractivity contribution in [3.05, 3.63) is 82.6 Å². The molecule has 0 radical (unpaired) electrons. The summed E-state index contributed by atoms with van der Waals surface area (Å²) in [5.74, 6) is -3.34. The van der Waals surface area contributed by atoms with Crippen LogP contribution in [-0.4, -0.2) is 61.9 Å². The number of hydrogen-bond acceptors (Lipinski definition) is 7. The number of rotatable bonds is 6.